The van der Waals surface area contributed by atoms with Crippen molar-refractivity contribution < 1.29 is 37.0 Å². The Morgan fingerprint density at radius 1 is 0.852 bits per heavy atom. The maximum absolute atomic E-state index is 13.5. The van der Waals surface area contributed by atoms with Crippen LogP contribution in [0.1, 0.15) is 21.5 Å². The number of nitrogens with zero attached hydrogens (tertiary/aromatic N) is 5. The Hall–Kier alpha value is -6.02. The summed E-state index contributed by atoms with van der Waals surface area (Å²) in [5, 5.41) is 7.73. The van der Waals surface area contributed by atoms with E-state index in [-0.39, 0.29) is 37.1 Å². The van der Waals surface area contributed by atoms with Crippen LogP contribution < -0.4 is 29.3 Å². The number of methoxy groups -OCH3 is 1. The molecule has 0 bridgehead atoms. The van der Waals surface area contributed by atoms with Crippen LogP contribution in [0, 0.1) is 0 Å². The number of carbonyl (C=O) groups excluding carboxylic acids is 2. The van der Waals surface area contributed by atoms with Crippen molar-refractivity contribution in [2.24, 2.45) is 0 Å². The van der Waals surface area contributed by atoms with Crippen LogP contribution in [0.2, 0.25) is 0 Å². The molecule has 2 aliphatic rings. The molecule has 1 saturated heterocycles. The molecular formula is C40H39F3N6O5. The van der Waals surface area contributed by atoms with E-state index in [9.17, 15) is 22.8 Å². The smallest absolute Gasteiger partial charge is 0.497 e. The average Bonchev–Trinajstić information content (AvgIpc) is 3.56. The van der Waals surface area contributed by atoms with E-state index in [1.165, 1.54) is 18.2 Å². The summed E-state index contributed by atoms with van der Waals surface area (Å²) in [5.74, 6) is 0.560. The summed E-state index contributed by atoms with van der Waals surface area (Å²) in [6.07, 6.45) is -4.97. The Morgan fingerprint density at radius 2 is 1.61 bits per heavy atom. The summed E-state index contributed by atoms with van der Waals surface area (Å²) < 4.78 is 55.4. The number of aromatic nitrogens is 2. The first kappa shape index (κ1) is 36.3. The molecule has 0 radical (unpaired) electrons. The van der Waals surface area contributed by atoms with Gasteiger partial charge in [-0.3, -0.25) is 14.3 Å². The van der Waals surface area contributed by atoms with E-state index in [2.05, 4.69) is 26.9 Å². The lowest BCUT2D eigenvalue weighted by molar-refractivity contribution is -0.274. The van der Waals surface area contributed by atoms with Crippen LogP contribution in [0.4, 0.5) is 30.4 Å². The van der Waals surface area contributed by atoms with E-state index in [0.717, 1.165) is 48.7 Å². The van der Waals surface area contributed by atoms with Gasteiger partial charge >= 0.3 is 6.36 Å². The molecule has 280 valence electrons. The lowest BCUT2D eigenvalue weighted by atomic mass is 10.1. The number of likely N-dealkylation sites (N-methyl/N-ethyl adjacent to an activating group) is 1. The van der Waals surface area contributed by atoms with Gasteiger partial charge in [-0.25, -0.2) is 0 Å². The SMILES string of the molecule is COc1ccc(Cn2nc(NC(=O)c3ccc(N4CCN(C)CC4)cc3)cc2-c2ccc3c(c2)OCCN3C(=O)Cc2cccc(OC(F)(F)F)c2)cc1. The number of halogens is 3. The van der Waals surface area contributed by atoms with Crippen LogP contribution in [0.3, 0.4) is 0 Å². The van der Waals surface area contributed by atoms with Crippen molar-refractivity contribution >= 4 is 29.0 Å². The van der Waals surface area contributed by atoms with E-state index in [0.29, 0.717) is 40.6 Å². The first-order valence-electron chi connectivity index (χ1n) is 17.5. The van der Waals surface area contributed by atoms with Crippen LogP contribution in [0.5, 0.6) is 17.2 Å². The van der Waals surface area contributed by atoms with E-state index in [4.69, 9.17) is 14.6 Å². The lowest BCUT2D eigenvalue weighted by Crippen LogP contribution is -2.44. The van der Waals surface area contributed by atoms with Gasteiger partial charge in [-0.1, -0.05) is 30.3 Å². The quantitative estimate of drug-likeness (QED) is 0.174. The summed E-state index contributed by atoms with van der Waals surface area (Å²) in [6.45, 7) is 4.70. The Morgan fingerprint density at radius 3 is 2.33 bits per heavy atom. The van der Waals surface area contributed by atoms with Crippen molar-refractivity contribution in [3.63, 3.8) is 0 Å². The van der Waals surface area contributed by atoms with Gasteiger partial charge in [0.15, 0.2) is 5.82 Å². The Labute approximate surface area is 310 Å². The number of nitrogens with one attached hydrogen (secondary N) is 1. The minimum absolute atomic E-state index is 0.132. The molecule has 3 heterocycles. The second kappa shape index (κ2) is 15.5. The maximum Gasteiger partial charge on any atom is 0.573 e. The molecule has 0 spiro atoms. The second-order valence-corrected chi connectivity index (χ2v) is 13.2. The number of carbonyl (C=O) groups is 2. The molecule has 11 nitrogen and oxygen atoms in total. The lowest BCUT2D eigenvalue weighted by Gasteiger charge is -2.34. The monoisotopic (exact) mass is 740 g/mol. The van der Waals surface area contributed by atoms with Gasteiger partial charge in [-0.15, -0.1) is 13.2 Å². The molecule has 2 amide bonds. The molecule has 5 aromatic rings. The molecular weight excluding hydrogens is 701 g/mol. The highest BCUT2D eigenvalue weighted by Crippen LogP contribution is 2.37. The number of benzene rings is 4. The first-order chi connectivity index (χ1) is 26.0. The van der Waals surface area contributed by atoms with Gasteiger partial charge in [0.1, 0.15) is 23.9 Å². The number of alkyl halides is 3. The number of hydrogen-bond acceptors (Lipinski definition) is 8. The van der Waals surface area contributed by atoms with E-state index in [1.807, 2.05) is 60.7 Å². The molecule has 4 aromatic carbocycles. The first-order valence-corrected chi connectivity index (χ1v) is 17.5. The molecule has 7 rings (SSSR count). The fourth-order valence-corrected chi connectivity index (χ4v) is 6.57. The molecule has 0 aliphatic carbocycles. The van der Waals surface area contributed by atoms with Crippen molar-refractivity contribution in [2.45, 2.75) is 19.3 Å². The van der Waals surface area contributed by atoms with Gasteiger partial charge < -0.3 is 34.2 Å². The Balaban J connectivity index is 1.12. The third-order valence-corrected chi connectivity index (χ3v) is 9.42. The fraction of sp³-hybridized carbons (Fsp3) is 0.275. The van der Waals surface area contributed by atoms with Crippen LogP contribution in [0.15, 0.2) is 97.1 Å². The predicted octanol–water partition coefficient (Wildman–Crippen LogP) is 6.48. The number of hydrogen-bond donors (Lipinski definition) is 1. The molecule has 0 atom stereocenters. The zero-order valence-electron chi connectivity index (χ0n) is 29.8. The Kier molecular flexibility index (Phi) is 10.4. The van der Waals surface area contributed by atoms with Crippen molar-refractivity contribution in [1.82, 2.24) is 14.7 Å². The second-order valence-electron chi connectivity index (χ2n) is 13.2. The molecule has 1 N–H and O–H groups in total. The highest BCUT2D eigenvalue weighted by molar-refractivity contribution is 6.04. The summed E-state index contributed by atoms with van der Waals surface area (Å²) >= 11 is 0. The predicted molar refractivity (Wildman–Crippen MR) is 199 cm³/mol. The zero-order valence-corrected chi connectivity index (χ0v) is 29.8. The van der Waals surface area contributed by atoms with Crippen LogP contribution in [-0.2, 0) is 17.8 Å². The third kappa shape index (κ3) is 8.60. The molecule has 0 unspecified atom stereocenters. The number of anilines is 3. The van der Waals surface area contributed by atoms with Gasteiger partial charge in [-0.05, 0) is 78.8 Å². The number of fused-ring (bicyclic) bond motifs is 1. The van der Waals surface area contributed by atoms with Crippen molar-refractivity contribution in [2.75, 3.05) is 68.6 Å². The standard InChI is InChI=1S/C40H39F3N6O5/c1-46-16-18-47(19-17-46)31-11-8-29(9-12-31)39(51)44-37-25-35(49(45-37)26-27-6-13-32(52-2)14-7-27)30-10-15-34-36(24-30)53-21-20-48(34)38(50)23-28-4-3-5-33(22-28)54-40(41,42)43/h3-15,22,24-25H,16-21,23,26H2,1-2H3,(H,44,45,51). The minimum Gasteiger partial charge on any atom is -0.497 e. The topological polar surface area (TPSA) is 101 Å². The van der Waals surface area contributed by atoms with E-state index in [1.54, 1.807) is 34.9 Å². The normalized spacial score (nSPS) is 14.6. The minimum atomic E-state index is -4.84. The molecule has 0 saturated carbocycles. The van der Waals surface area contributed by atoms with Gasteiger partial charge in [0.05, 0.1) is 38.0 Å². The zero-order chi connectivity index (χ0) is 37.8. The number of rotatable bonds is 10. The highest BCUT2D eigenvalue weighted by Gasteiger charge is 2.31. The largest absolute Gasteiger partial charge is 0.573 e. The number of piperazine rings is 1. The molecule has 2 aliphatic heterocycles. The summed E-state index contributed by atoms with van der Waals surface area (Å²) in [5.41, 5.74) is 4.88. The van der Waals surface area contributed by atoms with Crippen LogP contribution >= 0.6 is 0 Å². The van der Waals surface area contributed by atoms with Gasteiger partial charge in [0, 0.05) is 49.1 Å². The third-order valence-electron chi connectivity index (χ3n) is 9.42. The maximum atomic E-state index is 13.5. The van der Waals surface area contributed by atoms with Gasteiger partial charge in [-0.2, -0.15) is 5.10 Å². The summed E-state index contributed by atoms with van der Waals surface area (Å²) in [7, 11) is 3.72. The van der Waals surface area contributed by atoms with Gasteiger partial charge in [0.25, 0.3) is 5.91 Å². The highest BCUT2D eigenvalue weighted by atomic mass is 19.4. The summed E-state index contributed by atoms with van der Waals surface area (Å²) in [4.78, 5) is 33.0. The van der Waals surface area contributed by atoms with Crippen LogP contribution in [0.25, 0.3) is 11.3 Å². The number of amides is 2. The molecule has 1 fully saturated rings. The molecule has 54 heavy (non-hydrogen) atoms. The van der Waals surface area contributed by atoms with Gasteiger partial charge in [0.2, 0.25) is 5.91 Å². The summed E-state index contributed by atoms with van der Waals surface area (Å²) in [6, 6.07) is 27.8. The average molecular weight is 741 g/mol. The fourth-order valence-electron chi connectivity index (χ4n) is 6.57. The number of ether oxygens (including phenoxy) is 3. The molecule has 1 aromatic heterocycles. The van der Waals surface area contributed by atoms with E-state index >= 15 is 0 Å². The van der Waals surface area contributed by atoms with E-state index < -0.39 is 6.36 Å². The van der Waals surface area contributed by atoms with Crippen molar-refractivity contribution in [3.05, 3.63) is 114 Å². The van der Waals surface area contributed by atoms with Crippen LogP contribution in [-0.4, -0.2) is 86.3 Å². The Bertz CT molecular complexity index is 2110. The van der Waals surface area contributed by atoms with Crippen molar-refractivity contribution in [3.8, 4) is 28.5 Å². The van der Waals surface area contributed by atoms with Crippen molar-refractivity contribution in [1.29, 1.82) is 0 Å². The molecule has 14 heteroatoms.